The van der Waals surface area contributed by atoms with Crippen molar-refractivity contribution < 1.29 is 9.53 Å². The van der Waals surface area contributed by atoms with E-state index < -0.39 is 0 Å². The van der Waals surface area contributed by atoms with Gasteiger partial charge in [-0.3, -0.25) is 0 Å². The van der Waals surface area contributed by atoms with Crippen molar-refractivity contribution >= 4 is 34.9 Å². The van der Waals surface area contributed by atoms with Gasteiger partial charge in [-0.25, -0.2) is 9.78 Å². The zero-order valence-electron chi connectivity index (χ0n) is 11.2. The molecule has 0 spiro atoms. The third kappa shape index (κ3) is 4.24. The van der Waals surface area contributed by atoms with Crippen LogP contribution in [0.3, 0.4) is 0 Å². The van der Waals surface area contributed by atoms with Crippen LogP contribution in [0.25, 0.3) is 0 Å². The molecule has 0 aliphatic carbocycles. The monoisotopic (exact) mass is 325 g/mol. The van der Waals surface area contributed by atoms with Crippen LogP contribution in [0.4, 0.5) is 10.5 Å². The van der Waals surface area contributed by atoms with Gasteiger partial charge < -0.3 is 15.4 Å². The first kappa shape index (κ1) is 15.4. The van der Waals surface area contributed by atoms with Crippen LogP contribution in [-0.2, 0) is 6.54 Å². The van der Waals surface area contributed by atoms with E-state index in [9.17, 15) is 4.79 Å². The highest BCUT2D eigenvalue weighted by molar-refractivity contribution is 6.36. The van der Waals surface area contributed by atoms with Gasteiger partial charge in [-0.15, -0.1) is 0 Å². The maximum Gasteiger partial charge on any atom is 0.319 e. The number of rotatable bonds is 4. The van der Waals surface area contributed by atoms with Crippen LogP contribution in [0.5, 0.6) is 5.88 Å². The average Bonchev–Trinajstić information content (AvgIpc) is 2.48. The lowest BCUT2D eigenvalue weighted by Gasteiger charge is -2.10. The van der Waals surface area contributed by atoms with Crippen LogP contribution in [-0.4, -0.2) is 18.1 Å². The third-order valence-electron chi connectivity index (χ3n) is 2.66. The van der Waals surface area contributed by atoms with Crippen LogP contribution >= 0.6 is 23.2 Å². The summed E-state index contributed by atoms with van der Waals surface area (Å²) in [6.45, 7) is 0.286. The standard InChI is InChI=1S/C14H13Cl2N3O2/c1-21-13-9(3-2-6-17-13)8-18-14(20)19-12-5-4-10(15)7-11(12)16/h2-7H,8H2,1H3,(H2,18,19,20). The van der Waals surface area contributed by atoms with E-state index in [1.54, 1.807) is 30.5 Å². The highest BCUT2D eigenvalue weighted by Crippen LogP contribution is 2.25. The van der Waals surface area contributed by atoms with E-state index in [0.717, 1.165) is 5.56 Å². The van der Waals surface area contributed by atoms with Crippen molar-refractivity contribution in [2.75, 3.05) is 12.4 Å². The topological polar surface area (TPSA) is 63.2 Å². The summed E-state index contributed by atoms with van der Waals surface area (Å²) in [5.41, 5.74) is 1.26. The highest BCUT2D eigenvalue weighted by Gasteiger charge is 2.08. The van der Waals surface area contributed by atoms with Gasteiger partial charge in [-0.1, -0.05) is 29.3 Å². The van der Waals surface area contributed by atoms with Gasteiger partial charge in [0.15, 0.2) is 0 Å². The maximum atomic E-state index is 11.8. The molecular formula is C14H13Cl2N3O2. The lowest BCUT2D eigenvalue weighted by molar-refractivity contribution is 0.251. The number of urea groups is 1. The summed E-state index contributed by atoms with van der Waals surface area (Å²) >= 11 is 11.8. The van der Waals surface area contributed by atoms with Crippen LogP contribution < -0.4 is 15.4 Å². The minimum atomic E-state index is -0.384. The Morgan fingerprint density at radius 3 is 2.86 bits per heavy atom. The number of ether oxygens (including phenoxy) is 1. The number of hydrogen-bond acceptors (Lipinski definition) is 3. The quantitative estimate of drug-likeness (QED) is 0.900. The summed E-state index contributed by atoms with van der Waals surface area (Å²) in [6.07, 6.45) is 1.62. The van der Waals surface area contributed by atoms with Crippen molar-refractivity contribution in [3.63, 3.8) is 0 Å². The Labute approximate surface area is 132 Å². The number of carbonyl (C=O) groups is 1. The Balaban J connectivity index is 1.96. The van der Waals surface area contributed by atoms with Crippen LogP contribution in [0, 0.1) is 0 Å². The molecule has 2 aromatic rings. The Morgan fingerprint density at radius 1 is 1.33 bits per heavy atom. The fraction of sp³-hybridized carbons (Fsp3) is 0.143. The molecule has 0 saturated heterocycles. The van der Waals surface area contributed by atoms with Crippen molar-refractivity contribution in [2.24, 2.45) is 0 Å². The number of nitrogens with one attached hydrogen (secondary N) is 2. The lowest BCUT2D eigenvalue weighted by Crippen LogP contribution is -2.28. The minimum absolute atomic E-state index is 0.286. The van der Waals surface area contributed by atoms with Gasteiger partial charge in [0.2, 0.25) is 5.88 Å². The summed E-state index contributed by atoms with van der Waals surface area (Å²) in [5.74, 6) is 0.474. The number of pyridine rings is 1. The molecule has 0 fully saturated rings. The second-order valence-electron chi connectivity index (χ2n) is 4.10. The number of aromatic nitrogens is 1. The van der Waals surface area contributed by atoms with Gasteiger partial charge in [0.05, 0.1) is 17.8 Å². The molecule has 110 valence electrons. The lowest BCUT2D eigenvalue weighted by atomic mass is 10.2. The first-order chi connectivity index (χ1) is 10.1. The van der Waals surface area contributed by atoms with E-state index in [2.05, 4.69) is 15.6 Å². The SMILES string of the molecule is COc1ncccc1CNC(=O)Nc1ccc(Cl)cc1Cl. The normalized spacial score (nSPS) is 10.0. The summed E-state index contributed by atoms with van der Waals surface area (Å²) in [7, 11) is 1.53. The van der Waals surface area contributed by atoms with E-state index in [1.807, 2.05) is 6.07 Å². The molecule has 1 heterocycles. The van der Waals surface area contributed by atoms with E-state index in [1.165, 1.54) is 7.11 Å². The number of nitrogens with zero attached hydrogens (tertiary/aromatic N) is 1. The second kappa shape index (κ2) is 7.15. The molecule has 2 rings (SSSR count). The number of benzene rings is 1. The largest absolute Gasteiger partial charge is 0.481 e. The fourth-order valence-electron chi connectivity index (χ4n) is 1.68. The van der Waals surface area contributed by atoms with E-state index in [-0.39, 0.29) is 12.6 Å². The molecule has 0 unspecified atom stereocenters. The summed E-state index contributed by atoms with van der Waals surface area (Å²) < 4.78 is 5.11. The smallest absolute Gasteiger partial charge is 0.319 e. The Bertz CT molecular complexity index is 650. The maximum absolute atomic E-state index is 11.8. The summed E-state index contributed by atoms with van der Waals surface area (Å²) in [5, 5.41) is 6.22. The molecule has 7 heteroatoms. The van der Waals surface area contributed by atoms with Crippen molar-refractivity contribution in [3.8, 4) is 5.88 Å². The number of amides is 2. The summed E-state index contributed by atoms with van der Waals surface area (Å²) in [6, 6.07) is 8.05. The van der Waals surface area contributed by atoms with Crippen molar-refractivity contribution in [3.05, 3.63) is 52.1 Å². The molecule has 5 nitrogen and oxygen atoms in total. The third-order valence-corrected chi connectivity index (χ3v) is 3.21. The molecule has 21 heavy (non-hydrogen) atoms. The number of hydrogen-bond donors (Lipinski definition) is 2. The van der Waals surface area contributed by atoms with Gasteiger partial charge in [-0.2, -0.15) is 0 Å². The molecule has 0 aliphatic heterocycles. The van der Waals surface area contributed by atoms with E-state index in [4.69, 9.17) is 27.9 Å². The Morgan fingerprint density at radius 2 is 2.14 bits per heavy atom. The molecule has 0 saturated carbocycles. The Kier molecular flexibility index (Phi) is 5.25. The predicted molar refractivity (Wildman–Crippen MR) is 83.1 cm³/mol. The van der Waals surface area contributed by atoms with Gasteiger partial charge in [-0.05, 0) is 24.3 Å². The van der Waals surface area contributed by atoms with Crippen molar-refractivity contribution in [1.82, 2.24) is 10.3 Å². The highest BCUT2D eigenvalue weighted by atomic mass is 35.5. The minimum Gasteiger partial charge on any atom is -0.481 e. The van der Waals surface area contributed by atoms with Gasteiger partial charge in [0, 0.05) is 23.3 Å². The fourth-order valence-corrected chi connectivity index (χ4v) is 2.13. The molecule has 2 amide bonds. The van der Waals surface area contributed by atoms with Crippen LogP contribution in [0.2, 0.25) is 10.0 Å². The van der Waals surface area contributed by atoms with E-state index in [0.29, 0.717) is 21.6 Å². The average molecular weight is 326 g/mol. The molecule has 1 aromatic heterocycles. The molecule has 0 bridgehead atoms. The molecule has 0 radical (unpaired) electrons. The zero-order chi connectivity index (χ0) is 15.2. The second-order valence-corrected chi connectivity index (χ2v) is 4.95. The molecule has 1 aromatic carbocycles. The predicted octanol–water partition coefficient (Wildman–Crippen LogP) is 3.72. The van der Waals surface area contributed by atoms with Gasteiger partial charge in [0.25, 0.3) is 0 Å². The molecule has 2 N–H and O–H groups in total. The Hall–Kier alpha value is -1.98. The zero-order valence-corrected chi connectivity index (χ0v) is 12.7. The van der Waals surface area contributed by atoms with Crippen LogP contribution in [0.15, 0.2) is 36.5 Å². The number of anilines is 1. The molecular weight excluding hydrogens is 313 g/mol. The number of methoxy groups -OCH3 is 1. The first-order valence-electron chi connectivity index (χ1n) is 6.08. The molecule has 0 atom stereocenters. The van der Waals surface area contributed by atoms with Gasteiger partial charge >= 0.3 is 6.03 Å². The number of carbonyl (C=O) groups excluding carboxylic acids is 1. The van der Waals surface area contributed by atoms with E-state index >= 15 is 0 Å². The van der Waals surface area contributed by atoms with Crippen molar-refractivity contribution in [2.45, 2.75) is 6.54 Å². The van der Waals surface area contributed by atoms with Gasteiger partial charge in [0.1, 0.15) is 0 Å². The van der Waals surface area contributed by atoms with Crippen LogP contribution in [0.1, 0.15) is 5.56 Å². The number of halogens is 2. The van der Waals surface area contributed by atoms with Crippen molar-refractivity contribution in [1.29, 1.82) is 0 Å². The summed E-state index contributed by atoms with van der Waals surface area (Å²) in [4.78, 5) is 15.9. The molecule has 0 aliphatic rings. The first-order valence-corrected chi connectivity index (χ1v) is 6.83.